The van der Waals surface area contributed by atoms with Crippen LogP contribution in [0.2, 0.25) is 0 Å². The topological polar surface area (TPSA) is 47.0 Å². The van der Waals surface area contributed by atoms with Crippen molar-refractivity contribution in [3.63, 3.8) is 0 Å². The molecule has 1 heterocycles. The first-order chi connectivity index (χ1) is 12.4. The SMILES string of the molecule is c1ccc2c(c1)CC(NCCCCOc1cccc3nccnc13)C2. The van der Waals surface area contributed by atoms with Crippen LogP contribution in [0.4, 0.5) is 0 Å². The van der Waals surface area contributed by atoms with Crippen LogP contribution < -0.4 is 10.1 Å². The zero-order valence-electron chi connectivity index (χ0n) is 14.3. The Hall–Kier alpha value is -2.46. The van der Waals surface area contributed by atoms with E-state index in [-0.39, 0.29) is 0 Å². The summed E-state index contributed by atoms with van der Waals surface area (Å²) >= 11 is 0. The van der Waals surface area contributed by atoms with Crippen molar-refractivity contribution >= 4 is 11.0 Å². The second-order valence-electron chi connectivity index (χ2n) is 6.56. The maximum atomic E-state index is 5.91. The summed E-state index contributed by atoms with van der Waals surface area (Å²) in [4.78, 5) is 8.68. The highest BCUT2D eigenvalue weighted by molar-refractivity contribution is 5.80. The third-order valence-corrected chi connectivity index (χ3v) is 4.77. The lowest BCUT2D eigenvalue weighted by molar-refractivity contribution is 0.307. The summed E-state index contributed by atoms with van der Waals surface area (Å²) in [5.74, 6) is 0.824. The molecular formula is C21H23N3O. The minimum atomic E-state index is 0.589. The van der Waals surface area contributed by atoms with E-state index in [0.717, 1.165) is 49.0 Å². The molecule has 4 nitrogen and oxygen atoms in total. The van der Waals surface area contributed by atoms with Gasteiger partial charge in [-0.15, -0.1) is 0 Å². The van der Waals surface area contributed by atoms with Crippen molar-refractivity contribution in [1.82, 2.24) is 15.3 Å². The van der Waals surface area contributed by atoms with Gasteiger partial charge in [-0.1, -0.05) is 30.3 Å². The number of ether oxygens (including phenoxy) is 1. The highest BCUT2D eigenvalue weighted by Crippen LogP contribution is 2.22. The van der Waals surface area contributed by atoms with Gasteiger partial charge < -0.3 is 10.1 Å². The van der Waals surface area contributed by atoms with E-state index in [2.05, 4.69) is 39.6 Å². The highest BCUT2D eigenvalue weighted by atomic mass is 16.5. The molecule has 2 aromatic carbocycles. The van der Waals surface area contributed by atoms with Crippen LogP contribution in [0.1, 0.15) is 24.0 Å². The second kappa shape index (κ2) is 7.62. The predicted octanol–water partition coefficient (Wildman–Crippen LogP) is 3.55. The van der Waals surface area contributed by atoms with Crippen LogP contribution in [0.5, 0.6) is 5.75 Å². The Bertz CT molecular complexity index is 819. The van der Waals surface area contributed by atoms with Crippen molar-refractivity contribution in [2.45, 2.75) is 31.7 Å². The Morgan fingerprint density at radius 2 is 1.72 bits per heavy atom. The lowest BCUT2D eigenvalue weighted by Gasteiger charge is -2.12. The van der Waals surface area contributed by atoms with Crippen molar-refractivity contribution in [3.8, 4) is 5.75 Å². The molecule has 0 spiro atoms. The van der Waals surface area contributed by atoms with Gasteiger partial charge in [-0.05, 0) is 55.5 Å². The third kappa shape index (κ3) is 3.80. The molecule has 0 fully saturated rings. The van der Waals surface area contributed by atoms with E-state index in [1.54, 1.807) is 12.4 Å². The van der Waals surface area contributed by atoms with Gasteiger partial charge in [-0.2, -0.15) is 0 Å². The Balaban J connectivity index is 1.18. The zero-order chi connectivity index (χ0) is 16.9. The fourth-order valence-corrected chi connectivity index (χ4v) is 3.50. The maximum absolute atomic E-state index is 5.91. The molecule has 1 aromatic heterocycles. The number of rotatable bonds is 7. The first kappa shape index (κ1) is 16.0. The van der Waals surface area contributed by atoms with E-state index in [4.69, 9.17) is 4.74 Å². The van der Waals surface area contributed by atoms with Crippen LogP contribution in [-0.4, -0.2) is 29.2 Å². The van der Waals surface area contributed by atoms with Crippen LogP contribution in [-0.2, 0) is 12.8 Å². The van der Waals surface area contributed by atoms with Gasteiger partial charge in [-0.3, -0.25) is 4.98 Å². The number of nitrogens with zero attached hydrogens (tertiary/aromatic N) is 2. The molecule has 0 atom stereocenters. The molecule has 0 amide bonds. The van der Waals surface area contributed by atoms with E-state index in [9.17, 15) is 0 Å². The van der Waals surface area contributed by atoms with E-state index in [1.165, 1.54) is 11.1 Å². The normalized spacial score (nSPS) is 13.9. The minimum Gasteiger partial charge on any atom is -0.491 e. The molecule has 0 radical (unpaired) electrons. The summed E-state index contributed by atoms with van der Waals surface area (Å²) in [6.07, 6.45) is 7.87. The lowest BCUT2D eigenvalue weighted by atomic mass is 10.1. The number of hydrogen-bond acceptors (Lipinski definition) is 4. The summed E-state index contributed by atoms with van der Waals surface area (Å²) in [5.41, 5.74) is 4.72. The molecule has 1 aliphatic carbocycles. The third-order valence-electron chi connectivity index (χ3n) is 4.77. The Morgan fingerprint density at radius 3 is 2.56 bits per heavy atom. The molecule has 0 bridgehead atoms. The van der Waals surface area contributed by atoms with E-state index < -0.39 is 0 Å². The number of benzene rings is 2. The fourth-order valence-electron chi connectivity index (χ4n) is 3.50. The van der Waals surface area contributed by atoms with Gasteiger partial charge in [-0.25, -0.2) is 4.98 Å². The average molecular weight is 333 g/mol. The summed E-state index contributed by atoms with van der Waals surface area (Å²) < 4.78 is 5.91. The van der Waals surface area contributed by atoms with Crippen molar-refractivity contribution in [1.29, 1.82) is 0 Å². The maximum Gasteiger partial charge on any atom is 0.147 e. The molecule has 1 aliphatic rings. The van der Waals surface area contributed by atoms with Crippen LogP contribution >= 0.6 is 0 Å². The Kier molecular flexibility index (Phi) is 4.89. The molecule has 25 heavy (non-hydrogen) atoms. The van der Waals surface area contributed by atoms with Gasteiger partial charge in [0, 0.05) is 18.4 Å². The molecule has 4 heteroatoms. The van der Waals surface area contributed by atoms with Crippen molar-refractivity contribution in [2.75, 3.05) is 13.2 Å². The number of aromatic nitrogens is 2. The van der Waals surface area contributed by atoms with Crippen molar-refractivity contribution in [3.05, 3.63) is 66.0 Å². The van der Waals surface area contributed by atoms with Crippen LogP contribution in [0.3, 0.4) is 0 Å². The number of fused-ring (bicyclic) bond motifs is 2. The summed E-state index contributed by atoms with van der Waals surface area (Å²) in [6, 6.07) is 15.2. The summed E-state index contributed by atoms with van der Waals surface area (Å²) in [7, 11) is 0. The largest absolute Gasteiger partial charge is 0.491 e. The molecule has 128 valence electrons. The van der Waals surface area contributed by atoms with E-state index in [0.29, 0.717) is 12.6 Å². The zero-order valence-corrected chi connectivity index (χ0v) is 14.3. The molecule has 3 aromatic rings. The summed E-state index contributed by atoms with van der Waals surface area (Å²) in [5, 5.41) is 3.68. The van der Waals surface area contributed by atoms with Gasteiger partial charge in [0.15, 0.2) is 0 Å². The van der Waals surface area contributed by atoms with Gasteiger partial charge in [0.2, 0.25) is 0 Å². The van der Waals surface area contributed by atoms with Gasteiger partial charge in [0.05, 0.1) is 12.1 Å². The molecule has 0 unspecified atom stereocenters. The number of hydrogen-bond donors (Lipinski definition) is 1. The first-order valence-corrected chi connectivity index (χ1v) is 9.03. The first-order valence-electron chi connectivity index (χ1n) is 9.03. The van der Waals surface area contributed by atoms with Crippen LogP contribution in [0.25, 0.3) is 11.0 Å². The fraction of sp³-hybridized carbons (Fsp3) is 0.333. The molecule has 0 aliphatic heterocycles. The van der Waals surface area contributed by atoms with Crippen LogP contribution in [0, 0.1) is 0 Å². The Morgan fingerprint density at radius 1 is 0.920 bits per heavy atom. The smallest absolute Gasteiger partial charge is 0.147 e. The average Bonchev–Trinajstić information content (AvgIpc) is 3.07. The number of nitrogens with one attached hydrogen (secondary N) is 1. The number of unbranched alkanes of at least 4 members (excludes halogenated alkanes) is 1. The highest BCUT2D eigenvalue weighted by Gasteiger charge is 2.19. The van der Waals surface area contributed by atoms with Crippen LogP contribution in [0.15, 0.2) is 54.9 Å². The van der Waals surface area contributed by atoms with Gasteiger partial charge >= 0.3 is 0 Å². The standard InChI is InChI=1S/C21H23N3O/c1-2-7-17-15-18(14-16(17)6-1)22-10-3-4-13-25-20-9-5-8-19-21(20)24-12-11-23-19/h1-2,5-9,11-12,18,22H,3-4,10,13-15H2. The Labute approximate surface area is 148 Å². The van der Waals surface area contributed by atoms with Crippen molar-refractivity contribution in [2.24, 2.45) is 0 Å². The molecule has 4 rings (SSSR count). The predicted molar refractivity (Wildman–Crippen MR) is 99.9 cm³/mol. The van der Waals surface area contributed by atoms with Gasteiger partial charge in [0.25, 0.3) is 0 Å². The molecule has 0 saturated heterocycles. The molecule has 1 N–H and O–H groups in total. The van der Waals surface area contributed by atoms with Gasteiger partial charge in [0.1, 0.15) is 11.3 Å². The van der Waals surface area contributed by atoms with E-state index >= 15 is 0 Å². The van der Waals surface area contributed by atoms with E-state index in [1.807, 2.05) is 18.2 Å². The van der Waals surface area contributed by atoms with Crippen molar-refractivity contribution < 1.29 is 4.74 Å². The minimum absolute atomic E-state index is 0.589. The molecule has 0 saturated carbocycles. The monoisotopic (exact) mass is 333 g/mol. The number of para-hydroxylation sites is 1. The molecular weight excluding hydrogens is 310 g/mol. The summed E-state index contributed by atoms with van der Waals surface area (Å²) in [6.45, 7) is 1.75. The lowest BCUT2D eigenvalue weighted by Crippen LogP contribution is -2.30. The quantitative estimate of drug-likeness (QED) is 0.672. The second-order valence-corrected chi connectivity index (χ2v) is 6.56.